The van der Waals surface area contributed by atoms with Crippen LogP contribution in [0.1, 0.15) is 0 Å². The molecular weight excluding hydrogens is 476 g/mol. The van der Waals surface area contributed by atoms with E-state index < -0.39 is 0 Å². The van der Waals surface area contributed by atoms with Crippen LogP contribution in [0.3, 0.4) is 0 Å². The van der Waals surface area contributed by atoms with Crippen LogP contribution >= 0.6 is 0 Å². The average molecular weight is 499 g/mol. The maximum absolute atomic E-state index is 6.45. The molecule has 3 nitrogen and oxygen atoms in total. The van der Waals surface area contributed by atoms with Gasteiger partial charge in [-0.15, -0.1) is 0 Å². The minimum absolute atomic E-state index is 0.686. The van der Waals surface area contributed by atoms with Crippen LogP contribution in [0.4, 0.5) is 0 Å². The van der Waals surface area contributed by atoms with E-state index in [1.54, 1.807) is 0 Å². The molecule has 0 unspecified atom stereocenters. The molecule has 8 rings (SSSR count). The van der Waals surface area contributed by atoms with Gasteiger partial charge >= 0.3 is 0 Å². The molecule has 6 aromatic carbocycles. The molecule has 0 fully saturated rings. The van der Waals surface area contributed by atoms with Crippen LogP contribution in [-0.4, -0.2) is 9.97 Å². The molecule has 0 aliphatic rings. The predicted octanol–water partition coefficient (Wildman–Crippen LogP) is 9.68. The first kappa shape index (κ1) is 21.8. The zero-order valence-electron chi connectivity index (χ0n) is 21.0. The predicted molar refractivity (Wildman–Crippen MR) is 161 cm³/mol. The Labute approximate surface area is 225 Å². The molecule has 2 heterocycles. The molecule has 0 atom stereocenters. The maximum Gasteiger partial charge on any atom is 0.180 e. The Kier molecular flexibility index (Phi) is 4.82. The third kappa shape index (κ3) is 3.52. The van der Waals surface area contributed by atoms with Crippen LogP contribution < -0.4 is 0 Å². The van der Waals surface area contributed by atoms with Crippen molar-refractivity contribution in [2.45, 2.75) is 0 Å². The Hall–Kier alpha value is -5.28. The molecule has 0 saturated heterocycles. The molecule has 39 heavy (non-hydrogen) atoms. The highest BCUT2D eigenvalue weighted by Crippen LogP contribution is 2.40. The van der Waals surface area contributed by atoms with E-state index in [9.17, 15) is 0 Å². The molecule has 0 bridgehead atoms. The van der Waals surface area contributed by atoms with Crippen molar-refractivity contribution >= 4 is 43.6 Å². The van der Waals surface area contributed by atoms with Gasteiger partial charge in [-0.2, -0.15) is 0 Å². The fraction of sp³-hybridized carbons (Fsp3) is 0. The number of furan rings is 1. The summed E-state index contributed by atoms with van der Waals surface area (Å²) in [7, 11) is 0. The summed E-state index contributed by atoms with van der Waals surface area (Å²) in [5.74, 6) is 0.686. The average Bonchev–Trinajstić information content (AvgIpc) is 3.39. The molecule has 2 aromatic heterocycles. The Balaban J connectivity index is 1.43. The van der Waals surface area contributed by atoms with Gasteiger partial charge in [-0.05, 0) is 50.9 Å². The largest absolute Gasteiger partial charge is 0.452 e. The highest BCUT2D eigenvalue weighted by molar-refractivity contribution is 6.15. The lowest BCUT2D eigenvalue weighted by Crippen LogP contribution is -1.93. The Morgan fingerprint density at radius 2 is 1.13 bits per heavy atom. The van der Waals surface area contributed by atoms with Crippen LogP contribution in [0.25, 0.3) is 77.4 Å². The number of nitrogens with zero attached hydrogens (tertiary/aromatic N) is 2. The van der Waals surface area contributed by atoms with Gasteiger partial charge in [0.15, 0.2) is 11.4 Å². The number of rotatable bonds is 3. The molecule has 0 amide bonds. The zero-order chi connectivity index (χ0) is 25.8. The second kappa shape index (κ2) is 8.64. The molecular formula is C36H22N2O. The first-order valence-electron chi connectivity index (χ1n) is 13.1. The smallest absolute Gasteiger partial charge is 0.180 e. The van der Waals surface area contributed by atoms with Gasteiger partial charge in [-0.1, -0.05) is 115 Å². The number of benzene rings is 6. The standard InChI is InChI=1S/C36H22N2O/c1-3-11-23(12-4-1)33-35-34(38-36(37-33)24-13-5-2-6-14-24)31-22-26(19-20-32(31)39-35)30-21-25-15-7-8-16-27(25)28-17-9-10-18-29(28)30/h1-22H. The van der Waals surface area contributed by atoms with Gasteiger partial charge in [0.1, 0.15) is 16.8 Å². The van der Waals surface area contributed by atoms with Crippen molar-refractivity contribution in [3.05, 3.63) is 133 Å². The van der Waals surface area contributed by atoms with Crippen LogP contribution in [-0.2, 0) is 0 Å². The lowest BCUT2D eigenvalue weighted by atomic mass is 9.93. The number of hydrogen-bond acceptors (Lipinski definition) is 3. The molecule has 0 aliphatic carbocycles. The third-order valence-electron chi connectivity index (χ3n) is 7.47. The summed E-state index contributed by atoms with van der Waals surface area (Å²) in [6.07, 6.45) is 0. The molecule has 8 aromatic rings. The summed E-state index contributed by atoms with van der Waals surface area (Å²) in [6.45, 7) is 0. The number of hydrogen-bond donors (Lipinski definition) is 0. The SMILES string of the molecule is c1ccc(-c2nc(-c3ccccc3)c3oc4ccc(-c5cc6ccccc6c6ccccc56)cc4c3n2)cc1. The minimum atomic E-state index is 0.686. The Morgan fingerprint density at radius 1 is 0.462 bits per heavy atom. The van der Waals surface area contributed by atoms with Crippen molar-refractivity contribution in [3.8, 4) is 33.8 Å². The van der Waals surface area contributed by atoms with Gasteiger partial charge in [0.2, 0.25) is 0 Å². The van der Waals surface area contributed by atoms with Crippen LogP contribution in [0.5, 0.6) is 0 Å². The first-order valence-corrected chi connectivity index (χ1v) is 13.1. The summed E-state index contributed by atoms with van der Waals surface area (Å²) in [6, 6.07) is 46.3. The summed E-state index contributed by atoms with van der Waals surface area (Å²) in [4.78, 5) is 10.0. The second-order valence-corrected chi connectivity index (χ2v) is 9.81. The van der Waals surface area contributed by atoms with Gasteiger partial charge in [0.05, 0.1) is 0 Å². The van der Waals surface area contributed by atoms with Crippen LogP contribution in [0, 0.1) is 0 Å². The summed E-state index contributed by atoms with van der Waals surface area (Å²) in [5.41, 5.74) is 7.43. The van der Waals surface area contributed by atoms with Gasteiger partial charge in [-0.3, -0.25) is 0 Å². The lowest BCUT2D eigenvalue weighted by molar-refractivity contribution is 0.667. The van der Waals surface area contributed by atoms with E-state index in [0.717, 1.165) is 38.9 Å². The van der Waals surface area contributed by atoms with Gasteiger partial charge < -0.3 is 4.42 Å². The summed E-state index contributed by atoms with van der Waals surface area (Å²) < 4.78 is 6.45. The molecule has 182 valence electrons. The summed E-state index contributed by atoms with van der Waals surface area (Å²) >= 11 is 0. The van der Waals surface area contributed by atoms with Crippen LogP contribution in [0.15, 0.2) is 138 Å². The third-order valence-corrected chi connectivity index (χ3v) is 7.47. The maximum atomic E-state index is 6.45. The molecule has 0 radical (unpaired) electrons. The highest BCUT2D eigenvalue weighted by Gasteiger charge is 2.19. The zero-order valence-corrected chi connectivity index (χ0v) is 21.0. The molecule has 0 spiro atoms. The van der Waals surface area contributed by atoms with E-state index in [-0.39, 0.29) is 0 Å². The molecule has 3 heteroatoms. The normalized spacial score (nSPS) is 11.6. The lowest BCUT2D eigenvalue weighted by Gasteiger charge is -2.11. The van der Waals surface area contributed by atoms with E-state index >= 15 is 0 Å². The Morgan fingerprint density at radius 3 is 1.92 bits per heavy atom. The van der Waals surface area contributed by atoms with Crippen molar-refractivity contribution < 1.29 is 4.42 Å². The molecule has 0 saturated carbocycles. The molecule has 0 N–H and O–H groups in total. The van der Waals surface area contributed by atoms with Gasteiger partial charge in [-0.25, -0.2) is 9.97 Å². The highest BCUT2D eigenvalue weighted by atomic mass is 16.3. The van der Waals surface area contributed by atoms with Gasteiger partial charge in [0.25, 0.3) is 0 Å². The van der Waals surface area contributed by atoms with E-state index in [0.29, 0.717) is 11.4 Å². The molecule has 0 aliphatic heterocycles. The van der Waals surface area contributed by atoms with Crippen molar-refractivity contribution in [3.63, 3.8) is 0 Å². The van der Waals surface area contributed by atoms with Crippen LogP contribution in [0.2, 0.25) is 0 Å². The van der Waals surface area contributed by atoms with Crippen molar-refractivity contribution in [1.29, 1.82) is 0 Å². The fourth-order valence-corrected chi connectivity index (χ4v) is 5.61. The van der Waals surface area contributed by atoms with E-state index in [1.807, 2.05) is 48.5 Å². The monoisotopic (exact) mass is 498 g/mol. The fourth-order valence-electron chi connectivity index (χ4n) is 5.61. The van der Waals surface area contributed by atoms with Crippen molar-refractivity contribution in [1.82, 2.24) is 9.97 Å². The topological polar surface area (TPSA) is 38.9 Å². The first-order chi connectivity index (χ1) is 19.3. The van der Waals surface area contributed by atoms with E-state index in [2.05, 4.69) is 84.9 Å². The van der Waals surface area contributed by atoms with E-state index in [4.69, 9.17) is 14.4 Å². The second-order valence-electron chi connectivity index (χ2n) is 9.81. The van der Waals surface area contributed by atoms with Gasteiger partial charge in [0, 0.05) is 16.5 Å². The van der Waals surface area contributed by atoms with E-state index in [1.165, 1.54) is 27.1 Å². The minimum Gasteiger partial charge on any atom is -0.452 e. The summed E-state index contributed by atoms with van der Waals surface area (Å²) in [5, 5.41) is 5.95. The Bertz CT molecular complexity index is 2160. The number of aromatic nitrogens is 2. The van der Waals surface area contributed by atoms with Crippen molar-refractivity contribution in [2.75, 3.05) is 0 Å². The number of fused-ring (bicyclic) bond motifs is 6. The van der Waals surface area contributed by atoms with Crippen molar-refractivity contribution in [2.24, 2.45) is 0 Å². The quantitative estimate of drug-likeness (QED) is 0.228.